The zero-order valence-electron chi connectivity index (χ0n) is 17.9. The van der Waals surface area contributed by atoms with Gasteiger partial charge < -0.3 is 24.3 Å². The molecule has 0 aromatic heterocycles. The van der Waals surface area contributed by atoms with E-state index in [1.54, 1.807) is 21.3 Å². The third-order valence-corrected chi connectivity index (χ3v) is 5.27. The van der Waals surface area contributed by atoms with Gasteiger partial charge >= 0.3 is 0 Å². The topological polar surface area (TPSA) is 52.2 Å². The van der Waals surface area contributed by atoms with Crippen molar-refractivity contribution in [1.82, 2.24) is 10.2 Å². The summed E-state index contributed by atoms with van der Waals surface area (Å²) in [6, 6.07) is 12.2. The Labute approximate surface area is 173 Å². The summed E-state index contributed by atoms with van der Waals surface area (Å²) in [5, 5.41) is 3.49. The first-order chi connectivity index (χ1) is 14.2. The van der Waals surface area contributed by atoms with E-state index in [2.05, 4.69) is 28.4 Å². The van der Waals surface area contributed by atoms with E-state index in [4.69, 9.17) is 18.9 Å². The van der Waals surface area contributed by atoms with Gasteiger partial charge in [0.25, 0.3) is 0 Å². The first kappa shape index (κ1) is 21.3. The molecule has 1 aliphatic heterocycles. The molecule has 6 heteroatoms. The Hall–Kier alpha value is -2.44. The van der Waals surface area contributed by atoms with Gasteiger partial charge in [0.05, 0.1) is 34.0 Å². The highest BCUT2D eigenvalue weighted by Crippen LogP contribution is 2.40. The normalized spacial score (nSPS) is 16.0. The fraction of sp³-hybridized carbons (Fsp3) is 0.478. The SMILES string of the molecule is CCOc1ccc(C(c2cc(OC)ccc2OC)N2CCCNCC2)cc1OC. The smallest absolute Gasteiger partial charge is 0.161 e. The molecule has 1 atom stereocenters. The Morgan fingerprint density at radius 2 is 1.69 bits per heavy atom. The Morgan fingerprint density at radius 3 is 2.41 bits per heavy atom. The molecule has 29 heavy (non-hydrogen) atoms. The summed E-state index contributed by atoms with van der Waals surface area (Å²) in [7, 11) is 5.08. The second-order valence-corrected chi connectivity index (χ2v) is 6.99. The van der Waals surface area contributed by atoms with Gasteiger partial charge in [-0.15, -0.1) is 0 Å². The van der Waals surface area contributed by atoms with Crippen molar-refractivity contribution < 1.29 is 18.9 Å². The molecule has 1 unspecified atom stereocenters. The fourth-order valence-electron chi connectivity index (χ4n) is 3.89. The maximum absolute atomic E-state index is 5.73. The molecule has 1 N–H and O–H groups in total. The van der Waals surface area contributed by atoms with Crippen molar-refractivity contribution in [2.45, 2.75) is 19.4 Å². The largest absolute Gasteiger partial charge is 0.497 e. The van der Waals surface area contributed by atoms with Crippen LogP contribution < -0.4 is 24.3 Å². The molecular weight excluding hydrogens is 368 g/mol. The van der Waals surface area contributed by atoms with Crippen LogP contribution in [-0.2, 0) is 0 Å². The number of hydrogen-bond donors (Lipinski definition) is 1. The van der Waals surface area contributed by atoms with Crippen LogP contribution in [0, 0.1) is 0 Å². The van der Waals surface area contributed by atoms with Crippen molar-refractivity contribution in [2.75, 3.05) is 54.1 Å². The zero-order valence-corrected chi connectivity index (χ0v) is 17.9. The van der Waals surface area contributed by atoms with Gasteiger partial charge in [-0.3, -0.25) is 4.90 Å². The highest BCUT2D eigenvalue weighted by molar-refractivity contribution is 5.50. The molecule has 1 saturated heterocycles. The first-order valence-electron chi connectivity index (χ1n) is 10.2. The molecule has 0 amide bonds. The predicted octanol–water partition coefficient (Wildman–Crippen LogP) is 3.50. The lowest BCUT2D eigenvalue weighted by Crippen LogP contribution is -2.33. The van der Waals surface area contributed by atoms with Gasteiger partial charge in [0, 0.05) is 25.2 Å². The zero-order chi connectivity index (χ0) is 20.6. The molecule has 0 radical (unpaired) electrons. The van der Waals surface area contributed by atoms with Gasteiger partial charge in [0.1, 0.15) is 11.5 Å². The average Bonchev–Trinajstić information content (AvgIpc) is 3.04. The van der Waals surface area contributed by atoms with E-state index in [1.807, 2.05) is 25.1 Å². The Bertz CT molecular complexity index is 788. The standard InChI is InChI=1S/C23H32N2O4/c1-5-29-21-9-7-17(15-22(21)28-4)23(25-13-6-11-24-12-14-25)19-16-18(26-2)8-10-20(19)27-3/h7-10,15-16,23-24H,5-6,11-14H2,1-4H3. The van der Waals surface area contributed by atoms with E-state index in [9.17, 15) is 0 Å². The van der Waals surface area contributed by atoms with Crippen molar-refractivity contribution in [1.29, 1.82) is 0 Å². The third-order valence-electron chi connectivity index (χ3n) is 5.27. The quantitative estimate of drug-likeness (QED) is 0.732. The molecular formula is C23H32N2O4. The fourth-order valence-corrected chi connectivity index (χ4v) is 3.89. The molecule has 0 bridgehead atoms. The van der Waals surface area contributed by atoms with Crippen LogP contribution >= 0.6 is 0 Å². The summed E-state index contributed by atoms with van der Waals surface area (Å²) in [5.41, 5.74) is 2.22. The molecule has 0 saturated carbocycles. The number of nitrogens with one attached hydrogen (secondary N) is 1. The molecule has 0 spiro atoms. The van der Waals surface area contributed by atoms with E-state index in [0.717, 1.165) is 66.7 Å². The van der Waals surface area contributed by atoms with Crippen LogP contribution in [0.15, 0.2) is 36.4 Å². The molecule has 1 aliphatic rings. The van der Waals surface area contributed by atoms with Crippen molar-refractivity contribution in [3.05, 3.63) is 47.5 Å². The van der Waals surface area contributed by atoms with Crippen LogP contribution in [-0.4, -0.2) is 59.0 Å². The predicted molar refractivity (Wildman–Crippen MR) is 115 cm³/mol. The number of ether oxygens (including phenoxy) is 4. The van der Waals surface area contributed by atoms with Crippen LogP contribution in [0.5, 0.6) is 23.0 Å². The minimum Gasteiger partial charge on any atom is -0.497 e. The Kier molecular flexibility index (Phi) is 7.61. The molecule has 158 valence electrons. The maximum atomic E-state index is 5.73. The average molecular weight is 401 g/mol. The summed E-state index contributed by atoms with van der Waals surface area (Å²) in [6.07, 6.45) is 1.09. The lowest BCUT2D eigenvalue weighted by atomic mass is 9.95. The van der Waals surface area contributed by atoms with Gasteiger partial charge in [-0.2, -0.15) is 0 Å². The van der Waals surface area contributed by atoms with E-state index in [-0.39, 0.29) is 6.04 Å². The van der Waals surface area contributed by atoms with Crippen LogP contribution in [0.1, 0.15) is 30.5 Å². The highest BCUT2D eigenvalue weighted by atomic mass is 16.5. The van der Waals surface area contributed by atoms with Gasteiger partial charge in [-0.25, -0.2) is 0 Å². The molecule has 1 fully saturated rings. The summed E-state index contributed by atoms with van der Waals surface area (Å²) in [6.45, 7) is 6.50. The van der Waals surface area contributed by atoms with Crippen molar-refractivity contribution in [3.8, 4) is 23.0 Å². The minimum absolute atomic E-state index is 0.0181. The number of benzene rings is 2. The number of hydrogen-bond acceptors (Lipinski definition) is 6. The van der Waals surface area contributed by atoms with Gasteiger partial charge in [-0.05, 0) is 55.8 Å². The van der Waals surface area contributed by atoms with Crippen molar-refractivity contribution in [3.63, 3.8) is 0 Å². The van der Waals surface area contributed by atoms with E-state index in [1.165, 1.54) is 0 Å². The van der Waals surface area contributed by atoms with E-state index in [0.29, 0.717) is 6.61 Å². The van der Waals surface area contributed by atoms with Crippen LogP contribution in [0.2, 0.25) is 0 Å². The lowest BCUT2D eigenvalue weighted by Gasteiger charge is -2.32. The summed E-state index contributed by atoms with van der Waals surface area (Å²) in [4.78, 5) is 2.49. The number of rotatable bonds is 8. The summed E-state index contributed by atoms with van der Waals surface area (Å²) < 4.78 is 22.6. The van der Waals surface area contributed by atoms with Gasteiger partial charge in [0.15, 0.2) is 11.5 Å². The minimum atomic E-state index is 0.0181. The lowest BCUT2D eigenvalue weighted by molar-refractivity contribution is 0.234. The second kappa shape index (κ2) is 10.4. The third kappa shape index (κ3) is 4.95. The molecule has 1 heterocycles. The monoisotopic (exact) mass is 400 g/mol. The molecule has 2 aromatic rings. The van der Waals surface area contributed by atoms with E-state index < -0.39 is 0 Å². The van der Waals surface area contributed by atoms with Crippen molar-refractivity contribution >= 4 is 0 Å². The number of methoxy groups -OCH3 is 3. The molecule has 0 aliphatic carbocycles. The number of nitrogens with zero attached hydrogens (tertiary/aromatic N) is 1. The summed E-state index contributed by atoms with van der Waals surface area (Å²) >= 11 is 0. The van der Waals surface area contributed by atoms with Crippen LogP contribution in [0.25, 0.3) is 0 Å². The second-order valence-electron chi connectivity index (χ2n) is 6.99. The van der Waals surface area contributed by atoms with Gasteiger partial charge in [-0.1, -0.05) is 6.07 Å². The van der Waals surface area contributed by atoms with E-state index >= 15 is 0 Å². The molecule has 6 nitrogen and oxygen atoms in total. The van der Waals surface area contributed by atoms with Gasteiger partial charge in [0.2, 0.25) is 0 Å². The maximum Gasteiger partial charge on any atom is 0.161 e. The van der Waals surface area contributed by atoms with Crippen molar-refractivity contribution in [2.24, 2.45) is 0 Å². The molecule has 3 rings (SSSR count). The summed E-state index contributed by atoms with van der Waals surface area (Å²) in [5.74, 6) is 3.16. The Morgan fingerprint density at radius 1 is 0.897 bits per heavy atom. The first-order valence-corrected chi connectivity index (χ1v) is 10.2. The molecule has 2 aromatic carbocycles. The Balaban J connectivity index is 2.11. The van der Waals surface area contributed by atoms with Crippen LogP contribution in [0.3, 0.4) is 0 Å². The highest BCUT2D eigenvalue weighted by Gasteiger charge is 2.27. The van der Waals surface area contributed by atoms with Crippen LogP contribution in [0.4, 0.5) is 0 Å².